The number of amides is 1. The van der Waals surface area contributed by atoms with Gasteiger partial charge in [-0.05, 0) is 19.1 Å². The number of para-hydroxylation sites is 1. The van der Waals surface area contributed by atoms with Crippen LogP contribution in [0.5, 0.6) is 5.75 Å². The third-order valence-corrected chi connectivity index (χ3v) is 1.36. The summed E-state index contributed by atoms with van der Waals surface area (Å²) in [5.74, 6) is 5.91. The number of ether oxygens (including phenoxy) is 1. The standard InChI is InChI=1S/C10H9NO2/c1-2-5-8-6-3-4-7-9(8)13-10(11)12/h3-4,6-7H,1H3,(H2,11,12). The molecule has 0 heterocycles. The molecule has 1 rings (SSSR count). The van der Waals surface area contributed by atoms with Crippen LogP contribution in [-0.2, 0) is 0 Å². The van der Waals surface area contributed by atoms with Crippen molar-refractivity contribution in [2.24, 2.45) is 5.73 Å². The topological polar surface area (TPSA) is 52.3 Å². The molecule has 0 unspecified atom stereocenters. The van der Waals surface area contributed by atoms with Gasteiger partial charge in [-0.2, -0.15) is 0 Å². The smallest absolute Gasteiger partial charge is 0.409 e. The molecule has 2 N–H and O–H groups in total. The molecule has 0 atom stereocenters. The van der Waals surface area contributed by atoms with Crippen LogP contribution in [0.4, 0.5) is 4.79 Å². The lowest BCUT2D eigenvalue weighted by Crippen LogP contribution is -2.16. The van der Waals surface area contributed by atoms with E-state index in [1.54, 1.807) is 25.1 Å². The molecule has 0 aliphatic carbocycles. The Labute approximate surface area is 76.5 Å². The van der Waals surface area contributed by atoms with E-state index < -0.39 is 6.09 Å². The van der Waals surface area contributed by atoms with Crippen molar-refractivity contribution in [3.8, 4) is 17.6 Å². The first-order valence-electron chi connectivity index (χ1n) is 3.73. The Morgan fingerprint density at radius 2 is 2.15 bits per heavy atom. The maximum atomic E-state index is 10.5. The first kappa shape index (κ1) is 9.14. The second-order valence-electron chi connectivity index (χ2n) is 2.29. The van der Waals surface area contributed by atoms with Crippen molar-refractivity contribution in [2.45, 2.75) is 6.92 Å². The van der Waals surface area contributed by atoms with Crippen LogP contribution in [0.15, 0.2) is 24.3 Å². The molecule has 1 aromatic carbocycles. The molecule has 0 aliphatic rings. The van der Waals surface area contributed by atoms with E-state index in [9.17, 15) is 4.79 Å². The van der Waals surface area contributed by atoms with Crippen LogP contribution in [0.3, 0.4) is 0 Å². The summed E-state index contributed by atoms with van der Waals surface area (Å²) in [5, 5.41) is 0. The lowest BCUT2D eigenvalue weighted by molar-refractivity contribution is 0.210. The molecule has 1 amide bonds. The molecule has 3 nitrogen and oxygen atoms in total. The zero-order valence-corrected chi connectivity index (χ0v) is 7.20. The molecule has 3 heteroatoms. The maximum Gasteiger partial charge on any atom is 0.410 e. The van der Waals surface area contributed by atoms with Gasteiger partial charge < -0.3 is 10.5 Å². The van der Waals surface area contributed by atoms with Crippen LogP contribution in [0.2, 0.25) is 0 Å². The van der Waals surface area contributed by atoms with Crippen LogP contribution in [0.25, 0.3) is 0 Å². The number of benzene rings is 1. The molecule has 1 aromatic rings. The summed E-state index contributed by atoms with van der Waals surface area (Å²) < 4.78 is 4.73. The number of rotatable bonds is 1. The largest absolute Gasteiger partial charge is 0.410 e. The van der Waals surface area contributed by atoms with Gasteiger partial charge in [0.1, 0.15) is 5.75 Å². The first-order valence-corrected chi connectivity index (χ1v) is 3.73. The van der Waals surface area contributed by atoms with Gasteiger partial charge in [-0.15, -0.1) is 5.92 Å². The Bertz CT molecular complexity index is 374. The summed E-state index contributed by atoms with van der Waals surface area (Å²) in [4.78, 5) is 10.5. The van der Waals surface area contributed by atoms with Gasteiger partial charge >= 0.3 is 6.09 Å². The van der Waals surface area contributed by atoms with Crippen molar-refractivity contribution in [3.63, 3.8) is 0 Å². The van der Waals surface area contributed by atoms with Crippen molar-refractivity contribution in [2.75, 3.05) is 0 Å². The first-order chi connectivity index (χ1) is 6.24. The van der Waals surface area contributed by atoms with Crippen LogP contribution in [0.1, 0.15) is 12.5 Å². The number of hydrogen-bond donors (Lipinski definition) is 1. The van der Waals surface area contributed by atoms with E-state index >= 15 is 0 Å². The van der Waals surface area contributed by atoms with E-state index in [2.05, 4.69) is 11.8 Å². The maximum absolute atomic E-state index is 10.5. The molecular weight excluding hydrogens is 166 g/mol. The average Bonchev–Trinajstić information content (AvgIpc) is 2.08. The van der Waals surface area contributed by atoms with Gasteiger partial charge in [0.2, 0.25) is 0 Å². The molecule has 0 aliphatic heterocycles. The van der Waals surface area contributed by atoms with Gasteiger partial charge in [-0.1, -0.05) is 18.1 Å². The number of carbonyl (C=O) groups excluding carboxylic acids is 1. The zero-order chi connectivity index (χ0) is 9.68. The Morgan fingerprint density at radius 3 is 2.77 bits per heavy atom. The highest BCUT2D eigenvalue weighted by atomic mass is 16.5. The number of carbonyl (C=O) groups is 1. The Morgan fingerprint density at radius 1 is 1.46 bits per heavy atom. The quantitative estimate of drug-likeness (QED) is 0.658. The van der Waals surface area contributed by atoms with Gasteiger partial charge in [-0.25, -0.2) is 4.79 Å². The van der Waals surface area contributed by atoms with Crippen LogP contribution >= 0.6 is 0 Å². The summed E-state index contributed by atoms with van der Waals surface area (Å²) >= 11 is 0. The van der Waals surface area contributed by atoms with E-state index in [0.29, 0.717) is 11.3 Å². The minimum atomic E-state index is -0.828. The summed E-state index contributed by atoms with van der Waals surface area (Å²) in [5.41, 5.74) is 5.54. The number of primary amides is 1. The van der Waals surface area contributed by atoms with Crippen molar-refractivity contribution >= 4 is 6.09 Å². The van der Waals surface area contributed by atoms with Crippen molar-refractivity contribution in [1.82, 2.24) is 0 Å². The van der Waals surface area contributed by atoms with Crippen molar-refractivity contribution in [1.29, 1.82) is 0 Å². The number of nitrogens with two attached hydrogens (primary N) is 1. The molecular formula is C10H9NO2. The van der Waals surface area contributed by atoms with Crippen molar-refractivity contribution < 1.29 is 9.53 Å². The Hall–Kier alpha value is -1.95. The van der Waals surface area contributed by atoms with E-state index in [1.165, 1.54) is 0 Å². The molecule has 0 spiro atoms. The van der Waals surface area contributed by atoms with Gasteiger partial charge in [-0.3, -0.25) is 0 Å². The fourth-order valence-electron chi connectivity index (χ4n) is 0.902. The molecule has 0 radical (unpaired) electrons. The minimum Gasteiger partial charge on any atom is -0.409 e. The molecule has 0 fully saturated rings. The summed E-state index contributed by atoms with van der Waals surface area (Å²) in [7, 11) is 0. The fourth-order valence-corrected chi connectivity index (χ4v) is 0.902. The minimum absolute atomic E-state index is 0.393. The normalized spacial score (nSPS) is 8.38. The van der Waals surface area contributed by atoms with Crippen LogP contribution in [-0.4, -0.2) is 6.09 Å². The van der Waals surface area contributed by atoms with Crippen LogP contribution < -0.4 is 10.5 Å². The van der Waals surface area contributed by atoms with E-state index in [-0.39, 0.29) is 0 Å². The van der Waals surface area contributed by atoms with E-state index in [4.69, 9.17) is 10.5 Å². The van der Waals surface area contributed by atoms with Gasteiger partial charge in [0.15, 0.2) is 0 Å². The third kappa shape index (κ3) is 2.53. The second-order valence-corrected chi connectivity index (χ2v) is 2.29. The summed E-state index contributed by atoms with van der Waals surface area (Å²) in [6.45, 7) is 1.71. The summed E-state index contributed by atoms with van der Waals surface area (Å²) in [6, 6.07) is 6.96. The SMILES string of the molecule is CC#Cc1ccccc1OC(N)=O. The second kappa shape index (κ2) is 4.17. The lowest BCUT2D eigenvalue weighted by atomic mass is 10.2. The molecule has 0 aromatic heterocycles. The van der Waals surface area contributed by atoms with Crippen molar-refractivity contribution in [3.05, 3.63) is 29.8 Å². The molecule has 0 saturated heterocycles. The van der Waals surface area contributed by atoms with Gasteiger partial charge in [0, 0.05) is 0 Å². The highest BCUT2D eigenvalue weighted by Gasteiger charge is 2.02. The van der Waals surface area contributed by atoms with Gasteiger partial charge in [0.25, 0.3) is 0 Å². The predicted octanol–water partition coefficient (Wildman–Crippen LogP) is 1.52. The van der Waals surface area contributed by atoms with Gasteiger partial charge in [0.05, 0.1) is 5.56 Å². The zero-order valence-electron chi connectivity index (χ0n) is 7.20. The molecule has 0 saturated carbocycles. The molecule has 66 valence electrons. The highest BCUT2D eigenvalue weighted by molar-refractivity contribution is 5.69. The van der Waals surface area contributed by atoms with Crippen LogP contribution in [0, 0.1) is 11.8 Å². The summed E-state index contributed by atoms with van der Waals surface area (Å²) in [6.07, 6.45) is -0.828. The molecule has 0 bridgehead atoms. The Balaban J connectivity index is 3.02. The van der Waals surface area contributed by atoms with E-state index in [1.807, 2.05) is 6.07 Å². The highest BCUT2D eigenvalue weighted by Crippen LogP contribution is 2.16. The number of hydrogen-bond acceptors (Lipinski definition) is 2. The average molecular weight is 175 g/mol. The van der Waals surface area contributed by atoms with E-state index in [0.717, 1.165) is 0 Å². The third-order valence-electron chi connectivity index (χ3n) is 1.36. The lowest BCUT2D eigenvalue weighted by Gasteiger charge is -2.01. The monoisotopic (exact) mass is 175 g/mol. The fraction of sp³-hybridized carbons (Fsp3) is 0.100. The molecule has 13 heavy (non-hydrogen) atoms. The predicted molar refractivity (Wildman–Crippen MR) is 49.2 cm³/mol. The Kier molecular flexibility index (Phi) is 2.93.